The topological polar surface area (TPSA) is 146 Å². The Balaban J connectivity index is 0.000000731. The van der Waals surface area contributed by atoms with Crippen LogP contribution in [-0.2, 0) is 23.8 Å². The van der Waals surface area contributed by atoms with Gasteiger partial charge in [-0.3, -0.25) is 9.36 Å². The van der Waals surface area contributed by atoms with Crippen LogP contribution in [0.25, 0.3) is 17.0 Å². The van der Waals surface area contributed by atoms with Gasteiger partial charge in [0, 0.05) is 53.0 Å². The number of halogens is 2. The van der Waals surface area contributed by atoms with Crippen molar-refractivity contribution in [3.63, 3.8) is 0 Å². The van der Waals surface area contributed by atoms with E-state index in [4.69, 9.17) is 14.5 Å². The third kappa shape index (κ3) is 9.25. The van der Waals surface area contributed by atoms with Gasteiger partial charge in [-0.15, -0.1) is 0 Å². The lowest BCUT2D eigenvalue weighted by atomic mass is 10.0. The van der Waals surface area contributed by atoms with Gasteiger partial charge in [0.1, 0.15) is 0 Å². The molecule has 46 heavy (non-hydrogen) atoms. The third-order valence-corrected chi connectivity index (χ3v) is 7.47. The van der Waals surface area contributed by atoms with Crippen LogP contribution >= 0.6 is 0 Å². The van der Waals surface area contributed by atoms with Crippen molar-refractivity contribution in [1.29, 1.82) is 0 Å². The Morgan fingerprint density at radius 3 is 2.15 bits per heavy atom. The van der Waals surface area contributed by atoms with Gasteiger partial charge in [0.15, 0.2) is 5.82 Å². The molecule has 0 aliphatic carbocycles. The van der Waals surface area contributed by atoms with Crippen LogP contribution in [0, 0.1) is 0 Å². The zero-order valence-electron chi connectivity index (χ0n) is 27.0. The van der Waals surface area contributed by atoms with Crippen LogP contribution in [0.4, 0.5) is 20.7 Å². The molecule has 1 aromatic carbocycles. The van der Waals surface area contributed by atoms with E-state index >= 15 is 0 Å². The first-order chi connectivity index (χ1) is 22.2. The minimum absolute atomic E-state index is 0.0394. The maximum Gasteiger partial charge on any atom is 0.296 e. The Kier molecular flexibility index (Phi) is 12.9. The lowest BCUT2D eigenvalue weighted by Gasteiger charge is -2.37. The number of benzene rings is 1. The molecule has 4 heterocycles. The van der Waals surface area contributed by atoms with E-state index in [1.807, 2.05) is 35.5 Å². The number of carbonyl (C=O) groups is 1. The number of alkyl halides is 2. The van der Waals surface area contributed by atoms with E-state index < -0.39 is 17.9 Å². The Bertz CT molecular complexity index is 1390. The Morgan fingerprint density at radius 2 is 1.57 bits per heavy atom. The molecule has 1 amide bonds. The summed E-state index contributed by atoms with van der Waals surface area (Å²) in [7, 11) is 1.60. The molecule has 0 unspecified atom stereocenters. The number of nitrogens with zero attached hydrogens (tertiary/aromatic N) is 8. The second-order valence-electron chi connectivity index (χ2n) is 11.4. The van der Waals surface area contributed by atoms with E-state index in [2.05, 4.69) is 30.4 Å². The number of aromatic nitrogens is 5. The van der Waals surface area contributed by atoms with Gasteiger partial charge >= 0.3 is 0 Å². The first-order valence-corrected chi connectivity index (χ1v) is 15.5. The van der Waals surface area contributed by atoms with Crippen LogP contribution < -0.4 is 15.7 Å². The minimum Gasteiger partial charge on any atom is -0.382 e. The van der Waals surface area contributed by atoms with Gasteiger partial charge in [-0.05, 0) is 32.4 Å². The van der Waals surface area contributed by atoms with Gasteiger partial charge in [-0.2, -0.15) is 15.0 Å². The van der Waals surface area contributed by atoms with E-state index in [-0.39, 0.29) is 11.9 Å². The van der Waals surface area contributed by atoms with Crippen molar-refractivity contribution in [1.82, 2.24) is 29.4 Å². The van der Waals surface area contributed by atoms with Crippen LogP contribution in [0.1, 0.15) is 45.9 Å². The molecular formula is C30H45F2N9O5. The molecule has 254 valence electrons. The fourth-order valence-electron chi connectivity index (χ4n) is 5.08. The number of methoxy groups -OCH3 is 1. The zero-order chi connectivity index (χ0) is 33.1. The fourth-order valence-corrected chi connectivity index (χ4v) is 5.08. The predicted octanol–water partition coefficient (Wildman–Crippen LogP) is 2.75. The van der Waals surface area contributed by atoms with Gasteiger partial charge < -0.3 is 33.7 Å². The van der Waals surface area contributed by atoms with Crippen molar-refractivity contribution in [2.45, 2.75) is 45.6 Å². The second-order valence-corrected chi connectivity index (χ2v) is 11.4. The Morgan fingerprint density at radius 1 is 0.935 bits per heavy atom. The molecular weight excluding hydrogens is 604 g/mol. The SMILES string of the molecule is CCCOC(C)(C)CC(=O)N1CCN(c2nc(N3CCOCC3)nc(-n3c(C(F)F)nc4ccccc43)n2)CC1.COCCON. The van der Waals surface area contributed by atoms with Crippen molar-refractivity contribution < 1.29 is 32.6 Å². The largest absolute Gasteiger partial charge is 0.382 e. The molecule has 16 heteroatoms. The summed E-state index contributed by atoms with van der Waals surface area (Å²) >= 11 is 0. The lowest BCUT2D eigenvalue weighted by Crippen LogP contribution is -2.50. The van der Waals surface area contributed by atoms with Gasteiger partial charge in [0.05, 0.1) is 49.5 Å². The van der Waals surface area contributed by atoms with Crippen molar-refractivity contribution in [3.8, 4) is 5.95 Å². The van der Waals surface area contributed by atoms with Crippen molar-refractivity contribution >= 4 is 28.8 Å². The Labute approximate surface area is 267 Å². The monoisotopic (exact) mass is 649 g/mol. The molecule has 2 aliphatic heterocycles. The molecule has 0 saturated carbocycles. The lowest BCUT2D eigenvalue weighted by molar-refractivity contribution is -0.138. The van der Waals surface area contributed by atoms with Crippen molar-refractivity contribution in [2.24, 2.45) is 5.90 Å². The van der Waals surface area contributed by atoms with E-state index in [0.29, 0.717) is 102 Å². The van der Waals surface area contributed by atoms with E-state index in [1.54, 1.807) is 31.4 Å². The highest BCUT2D eigenvalue weighted by Gasteiger charge is 2.30. The van der Waals surface area contributed by atoms with Gasteiger partial charge in [0.25, 0.3) is 6.43 Å². The zero-order valence-corrected chi connectivity index (χ0v) is 27.0. The normalized spacial score (nSPS) is 15.8. The number of piperazine rings is 1. The molecule has 2 fully saturated rings. The summed E-state index contributed by atoms with van der Waals surface area (Å²) in [5, 5.41) is 0. The minimum atomic E-state index is -2.82. The highest BCUT2D eigenvalue weighted by molar-refractivity contribution is 5.78. The standard InChI is InChI=1S/C27H36F2N8O3.C3H9NO2/c1-4-15-40-27(2,3)18-21(38)34-9-11-35(12-10-34)24-31-25(36-13-16-39-17-14-36)33-26(32-24)37-20-8-6-5-7-19(20)30-23(37)22(28)29;1-5-2-3-6-4/h5-8,22H,4,9-18H2,1-3H3;2-4H2,1H3. The molecule has 0 bridgehead atoms. The third-order valence-electron chi connectivity index (χ3n) is 7.47. The fraction of sp³-hybridized carbons (Fsp3) is 0.633. The summed E-state index contributed by atoms with van der Waals surface area (Å²) in [6.07, 6.45) is -1.63. The summed E-state index contributed by atoms with van der Waals surface area (Å²) in [4.78, 5) is 41.1. The maximum atomic E-state index is 14.1. The molecule has 5 rings (SSSR count). The van der Waals surface area contributed by atoms with Gasteiger partial charge in [0.2, 0.25) is 23.8 Å². The second kappa shape index (κ2) is 16.8. The maximum absolute atomic E-state index is 14.1. The summed E-state index contributed by atoms with van der Waals surface area (Å²) in [6, 6.07) is 6.94. The molecule has 2 saturated heterocycles. The van der Waals surface area contributed by atoms with Crippen LogP contribution in [0.3, 0.4) is 0 Å². The number of carbonyl (C=O) groups excluding carboxylic acids is 1. The van der Waals surface area contributed by atoms with Crippen molar-refractivity contribution in [2.75, 3.05) is 89.2 Å². The van der Waals surface area contributed by atoms with Gasteiger partial charge in [-0.1, -0.05) is 19.1 Å². The predicted molar refractivity (Wildman–Crippen MR) is 168 cm³/mol. The first-order valence-electron chi connectivity index (χ1n) is 15.5. The molecule has 0 atom stereocenters. The smallest absolute Gasteiger partial charge is 0.296 e. The average Bonchev–Trinajstić information content (AvgIpc) is 3.47. The number of hydrogen-bond acceptors (Lipinski definition) is 12. The molecule has 14 nitrogen and oxygen atoms in total. The number of amides is 1. The number of anilines is 2. The molecule has 3 aromatic rings. The van der Waals surface area contributed by atoms with E-state index in [1.165, 1.54) is 4.57 Å². The van der Waals surface area contributed by atoms with Crippen molar-refractivity contribution in [3.05, 3.63) is 30.1 Å². The number of fused-ring (bicyclic) bond motifs is 1. The van der Waals surface area contributed by atoms with Crippen LogP contribution in [0.15, 0.2) is 24.3 Å². The number of rotatable bonds is 12. The van der Waals surface area contributed by atoms with Crippen LogP contribution in [0.5, 0.6) is 0 Å². The average molecular weight is 650 g/mol. The summed E-state index contributed by atoms with van der Waals surface area (Å²) in [5.74, 6) is 5.11. The number of imidazole rings is 1. The number of nitrogens with two attached hydrogens (primary N) is 1. The first kappa shape index (κ1) is 35.3. The molecule has 0 radical (unpaired) electrons. The highest BCUT2D eigenvalue weighted by atomic mass is 19.3. The van der Waals surface area contributed by atoms with E-state index in [9.17, 15) is 13.6 Å². The number of ether oxygens (including phenoxy) is 3. The summed E-state index contributed by atoms with van der Waals surface area (Å²) < 4.78 is 45.5. The Hall–Kier alpha value is -3.57. The van der Waals surface area contributed by atoms with Crippen LogP contribution in [0.2, 0.25) is 0 Å². The number of para-hydroxylation sites is 2. The van der Waals surface area contributed by atoms with E-state index in [0.717, 1.165) is 6.42 Å². The number of hydrogen-bond donors (Lipinski definition) is 1. The van der Waals surface area contributed by atoms with Crippen LogP contribution in [-0.4, -0.2) is 120 Å². The molecule has 2 aliphatic rings. The summed E-state index contributed by atoms with van der Waals surface area (Å²) in [5.41, 5.74) is 0.396. The highest BCUT2D eigenvalue weighted by Crippen LogP contribution is 2.28. The molecule has 0 spiro atoms. The summed E-state index contributed by atoms with van der Waals surface area (Å²) in [6.45, 7) is 11.7. The quantitative estimate of drug-likeness (QED) is 0.227. The molecule has 2 N–H and O–H groups in total. The van der Waals surface area contributed by atoms with Gasteiger partial charge in [-0.25, -0.2) is 19.7 Å². The molecule has 2 aromatic heterocycles. The number of morpholine rings is 1.